The van der Waals surface area contributed by atoms with Gasteiger partial charge in [-0.25, -0.2) is 0 Å². The minimum Gasteiger partial charge on any atom is -0.496 e. The second kappa shape index (κ2) is 7.69. The maximum Gasteiger partial charge on any atom is 0.124 e. The van der Waals surface area contributed by atoms with Crippen LogP contribution in [-0.4, -0.2) is 44.7 Å². The van der Waals surface area contributed by atoms with Gasteiger partial charge in [0.25, 0.3) is 0 Å². The molecule has 118 valence electrons. The Balaban J connectivity index is 2.04. The van der Waals surface area contributed by atoms with E-state index >= 15 is 0 Å². The number of methoxy groups -OCH3 is 1. The summed E-state index contributed by atoms with van der Waals surface area (Å²) < 4.78 is 5.60. The van der Waals surface area contributed by atoms with E-state index in [4.69, 9.17) is 4.74 Å². The molecule has 3 nitrogen and oxygen atoms in total. The molecule has 0 aliphatic carbocycles. The molecule has 0 atom stereocenters. The van der Waals surface area contributed by atoms with Crippen molar-refractivity contribution in [3.8, 4) is 5.75 Å². The third-order valence-electron chi connectivity index (χ3n) is 4.18. The zero-order valence-corrected chi connectivity index (χ0v) is 14.1. The molecule has 1 aliphatic heterocycles. The van der Waals surface area contributed by atoms with Crippen LogP contribution < -0.4 is 9.64 Å². The summed E-state index contributed by atoms with van der Waals surface area (Å²) in [5.74, 6) is 1.69. The van der Waals surface area contributed by atoms with Gasteiger partial charge in [0.15, 0.2) is 0 Å². The molecule has 0 spiro atoms. The lowest BCUT2D eigenvalue weighted by atomic mass is 10.0. The van der Waals surface area contributed by atoms with Gasteiger partial charge in [0, 0.05) is 37.9 Å². The Hall–Kier alpha value is -1.22. The highest BCUT2D eigenvalue weighted by molar-refractivity contribution is 5.54. The summed E-state index contributed by atoms with van der Waals surface area (Å²) in [6.45, 7) is 12.6. The van der Waals surface area contributed by atoms with Gasteiger partial charge in [-0.05, 0) is 36.9 Å². The number of ether oxygens (including phenoxy) is 1. The quantitative estimate of drug-likeness (QED) is 0.798. The minimum atomic E-state index is 0.655. The van der Waals surface area contributed by atoms with E-state index in [-0.39, 0.29) is 0 Å². The summed E-state index contributed by atoms with van der Waals surface area (Å²) in [6, 6.07) is 6.72. The van der Waals surface area contributed by atoms with Gasteiger partial charge in [-0.1, -0.05) is 26.8 Å². The number of hydrogen-bond acceptors (Lipinski definition) is 3. The van der Waals surface area contributed by atoms with Crippen molar-refractivity contribution in [1.29, 1.82) is 0 Å². The first-order valence-electron chi connectivity index (χ1n) is 8.28. The molecule has 21 heavy (non-hydrogen) atoms. The van der Waals surface area contributed by atoms with Crippen molar-refractivity contribution in [1.82, 2.24) is 4.90 Å². The molecule has 0 bridgehead atoms. The van der Waals surface area contributed by atoms with E-state index in [1.807, 2.05) is 0 Å². The largest absolute Gasteiger partial charge is 0.496 e. The van der Waals surface area contributed by atoms with Gasteiger partial charge in [0.05, 0.1) is 7.11 Å². The fourth-order valence-corrected chi connectivity index (χ4v) is 3.08. The van der Waals surface area contributed by atoms with E-state index in [0.717, 1.165) is 25.3 Å². The fourth-order valence-electron chi connectivity index (χ4n) is 3.08. The van der Waals surface area contributed by atoms with E-state index in [0.29, 0.717) is 5.92 Å². The number of benzene rings is 1. The number of rotatable bonds is 6. The summed E-state index contributed by atoms with van der Waals surface area (Å²) in [5.41, 5.74) is 2.62. The molecule has 0 radical (unpaired) electrons. The van der Waals surface area contributed by atoms with Crippen LogP contribution in [0.3, 0.4) is 0 Å². The Morgan fingerprint density at radius 3 is 2.43 bits per heavy atom. The first-order valence-corrected chi connectivity index (χ1v) is 8.28. The zero-order valence-electron chi connectivity index (χ0n) is 14.1. The lowest BCUT2D eigenvalue weighted by Gasteiger charge is -2.36. The van der Waals surface area contributed by atoms with Gasteiger partial charge in [-0.2, -0.15) is 0 Å². The van der Waals surface area contributed by atoms with Crippen molar-refractivity contribution in [2.24, 2.45) is 5.92 Å². The van der Waals surface area contributed by atoms with Crippen molar-refractivity contribution in [3.05, 3.63) is 23.8 Å². The SMILES string of the molecule is CCCN1CCN(c2ccc(CC(C)C)c(OC)c2)CC1. The van der Waals surface area contributed by atoms with Gasteiger partial charge < -0.3 is 9.64 Å². The molecule has 1 aromatic carbocycles. The van der Waals surface area contributed by atoms with Gasteiger partial charge in [0.2, 0.25) is 0 Å². The molecule has 2 rings (SSSR count). The van der Waals surface area contributed by atoms with Crippen LogP contribution in [0, 0.1) is 5.92 Å². The summed E-state index contributed by atoms with van der Waals surface area (Å²) in [6.07, 6.45) is 2.32. The molecule has 0 amide bonds. The number of hydrogen-bond donors (Lipinski definition) is 0. The fraction of sp³-hybridized carbons (Fsp3) is 0.667. The molecule has 0 unspecified atom stereocenters. The van der Waals surface area contributed by atoms with Crippen molar-refractivity contribution in [2.75, 3.05) is 44.7 Å². The lowest BCUT2D eigenvalue weighted by Crippen LogP contribution is -2.46. The lowest BCUT2D eigenvalue weighted by molar-refractivity contribution is 0.258. The molecule has 3 heteroatoms. The minimum absolute atomic E-state index is 0.655. The number of nitrogens with zero attached hydrogens (tertiary/aromatic N) is 2. The van der Waals surface area contributed by atoms with E-state index in [2.05, 4.69) is 48.8 Å². The van der Waals surface area contributed by atoms with E-state index in [9.17, 15) is 0 Å². The van der Waals surface area contributed by atoms with Crippen LogP contribution in [0.15, 0.2) is 18.2 Å². The summed E-state index contributed by atoms with van der Waals surface area (Å²) in [4.78, 5) is 5.04. The van der Waals surface area contributed by atoms with Crippen LogP contribution in [0.5, 0.6) is 5.75 Å². The molecule has 1 heterocycles. The summed E-state index contributed by atoms with van der Waals surface area (Å²) >= 11 is 0. The Labute approximate surface area is 129 Å². The smallest absolute Gasteiger partial charge is 0.124 e. The van der Waals surface area contributed by atoms with Gasteiger partial charge in [-0.3, -0.25) is 4.90 Å². The first kappa shape index (κ1) is 16.2. The highest BCUT2D eigenvalue weighted by Gasteiger charge is 2.17. The predicted molar refractivity (Wildman–Crippen MR) is 90.5 cm³/mol. The predicted octanol–water partition coefficient (Wildman–Crippen LogP) is 3.43. The Morgan fingerprint density at radius 2 is 1.86 bits per heavy atom. The van der Waals surface area contributed by atoms with Gasteiger partial charge in [0.1, 0.15) is 5.75 Å². The third kappa shape index (κ3) is 4.37. The Bertz CT molecular complexity index is 437. The Morgan fingerprint density at radius 1 is 1.14 bits per heavy atom. The van der Waals surface area contributed by atoms with Gasteiger partial charge >= 0.3 is 0 Å². The monoisotopic (exact) mass is 290 g/mol. The number of piperazine rings is 1. The average Bonchev–Trinajstić information content (AvgIpc) is 2.48. The maximum atomic E-state index is 5.60. The Kier molecular flexibility index (Phi) is 5.92. The van der Waals surface area contributed by atoms with Crippen LogP contribution in [0.25, 0.3) is 0 Å². The molecule has 0 N–H and O–H groups in total. The molecule has 0 saturated carbocycles. The van der Waals surface area contributed by atoms with E-state index in [1.54, 1.807) is 7.11 Å². The third-order valence-corrected chi connectivity index (χ3v) is 4.18. The van der Waals surface area contributed by atoms with Crippen LogP contribution in [-0.2, 0) is 6.42 Å². The number of anilines is 1. The van der Waals surface area contributed by atoms with Crippen LogP contribution >= 0.6 is 0 Å². The molecule has 1 aromatic rings. The van der Waals surface area contributed by atoms with Crippen molar-refractivity contribution >= 4 is 5.69 Å². The van der Waals surface area contributed by atoms with Crippen molar-refractivity contribution < 1.29 is 4.74 Å². The molecular formula is C18H30N2O. The van der Waals surface area contributed by atoms with E-state index < -0.39 is 0 Å². The topological polar surface area (TPSA) is 15.7 Å². The van der Waals surface area contributed by atoms with Crippen molar-refractivity contribution in [3.63, 3.8) is 0 Å². The first-order chi connectivity index (χ1) is 10.1. The zero-order chi connectivity index (χ0) is 15.2. The molecule has 0 aromatic heterocycles. The van der Waals surface area contributed by atoms with Gasteiger partial charge in [-0.15, -0.1) is 0 Å². The molecule has 1 aliphatic rings. The summed E-state index contributed by atoms with van der Waals surface area (Å²) in [7, 11) is 1.78. The second-order valence-corrected chi connectivity index (χ2v) is 6.42. The van der Waals surface area contributed by atoms with Crippen LogP contribution in [0.2, 0.25) is 0 Å². The maximum absolute atomic E-state index is 5.60. The molecule has 1 saturated heterocycles. The standard InChI is InChI=1S/C18H30N2O/c1-5-8-19-9-11-20(12-10-19)17-7-6-16(13-15(2)3)18(14-17)21-4/h6-7,14-15H,5,8-13H2,1-4H3. The molecular weight excluding hydrogens is 260 g/mol. The van der Waals surface area contributed by atoms with E-state index in [1.165, 1.54) is 37.3 Å². The van der Waals surface area contributed by atoms with Crippen LogP contribution in [0.1, 0.15) is 32.8 Å². The average molecular weight is 290 g/mol. The highest BCUT2D eigenvalue weighted by Crippen LogP contribution is 2.28. The second-order valence-electron chi connectivity index (χ2n) is 6.42. The normalized spacial score (nSPS) is 16.5. The van der Waals surface area contributed by atoms with Crippen molar-refractivity contribution in [2.45, 2.75) is 33.6 Å². The highest BCUT2D eigenvalue weighted by atomic mass is 16.5. The van der Waals surface area contributed by atoms with Crippen LogP contribution in [0.4, 0.5) is 5.69 Å². The summed E-state index contributed by atoms with van der Waals surface area (Å²) in [5, 5.41) is 0. The molecule has 1 fully saturated rings.